The molecule has 0 spiro atoms. The Balaban J connectivity index is 2.12. The standard InChI is InChI=1S/C14H20BrN/c1-10-3-4-13(9-14(10)15)11(2)12-5-7-16-8-6-12/h3-4,9,11-12,16H,5-8H2,1-2H3. The van der Waals surface area contributed by atoms with Gasteiger partial charge in [0.2, 0.25) is 0 Å². The van der Waals surface area contributed by atoms with E-state index in [9.17, 15) is 0 Å². The number of aryl methyl sites for hydroxylation is 1. The van der Waals surface area contributed by atoms with Crippen molar-refractivity contribution in [3.05, 3.63) is 33.8 Å². The third kappa shape index (κ3) is 2.67. The highest BCUT2D eigenvalue weighted by molar-refractivity contribution is 9.10. The molecule has 0 aliphatic carbocycles. The number of piperidine rings is 1. The Hall–Kier alpha value is -0.340. The van der Waals surface area contributed by atoms with Gasteiger partial charge in [-0.1, -0.05) is 35.0 Å². The van der Waals surface area contributed by atoms with Crippen molar-refractivity contribution in [1.29, 1.82) is 0 Å². The summed E-state index contributed by atoms with van der Waals surface area (Å²) >= 11 is 3.63. The second kappa shape index (κ2) is 5.33. The molecule has 1 N–H and O–H groups in total. The molecule has 2 rings (SSSR count). The second-order valence-electron chi connectivity index (χ2n) is 4.88. The van der Waals surface area contributed by atoms with Gasteiger partial charge < -0.3 is 5.32 Å². The zero-order valence-corrected chi connectivity index (χ0v) is 11.7. The highest BCUT2D eigenvalue weighted by Crippen LogP contribution is 2.32. The Morgan fingerprint density at radius 1 is 1.31 bits per heavy atom. The van der Waals surface area contributed by atoms with Gasteiger partial charge in [0.15, 0.2) is 0 Å². The Kier molecular flexibility index (Phi) is 4.04. The summed E-state index contributed by atoms with van der Waals surface area (Å²) in [5.41, 5.74) is 2.80. The average Bonchev–Trinajstić information content (AvgIpc) is 2.33. The van der Waals surface area contributed by atoms with Crippen molar-refractivity contribution in [1.82, 2.24) is 5.32 Å². The summed E-state index contributed by atoms with van der Waals surface area (Å²) in [6, 6.07) is 6.80. The lowest BCUT2D eigenvalue weighted by molar-refractivity contribution is 0.330. The van der Waals surface area contributed by atoms with Gasteiger partial charge in [-0.25, -0.2) is 0 Å². The van der Waals surface area contributed by atoms with Crippen molar-refractivity contribution in [3.63, 3.8) is 0 Å². The maximum absolute atomic E-state index is 3.63. The minimum Gasteiger partial charge on any atom is -0.317 e. The van der Waals surface area contributed by atoms with Crippen molar-refractivity contribution < 1.29 is 0 Å². The SMILES string of the molecule is Cc1ccc(C(C)C2CCNCC2)cc1Br. The van der Waals surface area contributed by atoms with Gasteiger partial charge in [0.1, 0.15) is 0 Å². The van der Waals surface area contributed by atoms with E-state index in [0.29, 0.717) is 5.92 Å². The van der Waals surface area contributed by atoms with Crippen molar-refractivity contribution >= 4 is 15.9 Å². The normalized spacial score (nSPS) is 19.7. The van der Waals surface area contributed by atoms with Crippen LogP contribution in [0.5, 0.6) is 0 Å². The molecular weight excluding hydrogens is 262 g/mol. The Labute approximate surface area is 107 Å². The number of nitrogens with one attached hydrogen (secondary N) is 1. The molecule has 1 atom stereocenters. The Morgan fingerprint density at radius 2 is 2.00 bits per heavy atom. The van der Waals surface area contributed by atoms with Gasteiger partial charge in [0.05, 0.1) is 0 Å². The van der Waals surface area contributed by atoms with E-state index in [1.165, 1.54) is 41.5 Å². The smallest absolute Gasteiger partial charge is 0.0207 e. The molecule has 0 radical (unpaired) electrons. The van der Waals surface area contributed by atoms with E-state index >= 15 is 0 Å². The van der Waals surface area contributed by atoms with Gasteiger partial charge in [0, 0.05) is 4.47 Å². The zero-order chi connectivity index (χ0) is 11.5. The summed E-state index contributed by atoms with van der Waals surface area (Å²) < 4.78 is 1.24. The van der Waals surface area contributed by atoms with Crippen molar-refractivity contribution in [2.75, 3.05) is 13.1 Å². The van der Waals surface area contributed by atoms with Crippen LogP contribution in [0.25, 0.3) is 0 Å². The molecule has 1 fully saturated rings. The molecule has 1 aromatic rings. The molecule has 1 aliphatic heterocycles. The largest absolute Gasteiger partial charge is 0.317 e. The summed E-state index contributed by atoms with van der Waals surface area (Å²) in [5, 5.41) is 3.43. The molecule has 1 aromatic carbocycles. The number of hydrogen-bond donors (Lipinski definition) is 1. The monoisotopic (exact) mass is 281 g/mol. The first-order valence-corrected chi connectivity index (χ1v) is 6.94. The fourth-order valence-corrected chi connectivity index (χ4v) is 2.91. The fraction of sp³-hybridized carbons (Fsp3) is 0.571. The highest BCUT2D eigenvalue weighted by Gasteiger charge is 2.21. The summed E-state index contributed by atoms with van der Waals surface area (Å²) in [5.74, 6) is 1.52. The summed E-state index contributed by atoms with van der Waals surface area (Å²) in [4.78, 5) is 0. The number of halogens is 1. The third-order valence-corrected chi connectivity index (χ3v) is 4.67. The molecule has 2 heteroatoms. The lowest BCUT2D eigenvalue weighted by atomic mass is 9.81. The molecule has 0 aromatic heterocycles. The first kappa shape index (κ1) is 12.1. The molecule has 1 aliphatic rings. The summed E-state index contributed by atoms with van der Waals surface area (Å²) in [7, 11) is 0. The van der Waals surface area contributed by atoms with Gasteiger partial charge in [-0.15, -0.1) is 0 Å². The minimum atomic E-state index is 0.680. The van der Waals surface area contributed by atoms with Gasteiger partial charge in [-0.05, 0) is 61.9 Å². The molecule has 88 valence electrons. The van der Waals surface area contributed by atoms with Crippen LogP contribution >= 0.6 is 15.9 Å². The maximum atomic E-state index is 3.63. The quantitative estimate of drug-likeness (QED) is 0.868. The van der Waals surface area contributed by atoms with E-state index in [1.54, 1.807) is 0 Å². The second-order valence-corrected chi connectivity index (χ2v) is 5.74. The molecule has 16 heavy (non-hydrogen) atoms. The van der Waals surface area contributed by atoms with Gasteiger partial charge >= 0.3 is 0 Å². The highest BCUT2D eigenvalue weighted by atomic mass is 79.9. The van der Waals surface area contributed by atoms with Crippen molar-refractivity contribution in [3.8, 4) is 0 Å². The Morgan fingerprint density at radius 3 is 2.62 bits per heavy atom. The molecule has 1 unspecified atom stereocenters. The van der Waals surface area contributed by atoms with E-state index in [1.807, 2.05) is 0 Å². The van der Waals surface area contributed by atoms with E-state index in [4.69, 9.17) is 0 Å². The van der Waals surface area contributed by atoms with Crippen LogP contribution in [-0.4, -0.2) is 13.1 Å². The van der Waals surface area contributed by atoms with Crippen LogP contribution in [0.2, 0.25) is 0 Å². The van der Waals surface area contributed by atoms with Crippen LogP contribution in [0, 0.1) is 12.8 Å². The molecule has 0 bridgehead atoms. The third-order valence-electron chi connectivity index (χ3n) is 3.81. The molecular formula is C14H20BrN. The lowest BCUT2D eigenvalue weighted by Gasteiger charge is -2.28. The van der Waals surface area contributed by atoms with Crippen LogP contribution in [-0.2, 0) is 0 Å². The van der Waals surface area contributed by atoms with Gasteiger partial charge in [-0.3, -0.25) is 0 Å². The van der Waals surface area contributed by atoms with Gasteiger partial charge in [-0.2, -0.15) is 0 Å². The minimum absolute atomic E-state index is 0.680. The average molecular weight is 282 g/mol. The van der Waals surface area contributed by atoms with Crippen LogP contribution in [0.15, 0.2) is 22.7 Å². The van der Waals surface area contributed by atoms with Crippen LogP contribution in [0.3, 0.4) is 0 Å². The molecule has 0 amide bonds. The predicted octanol–water partition coefficient (Wildman–Crippen LogP) is 3.86. The van der Waals surface area contributed by atoms with Crippen molar-refractivity contribution in [2.24, 2.45) is 5.92 Å². The van der Waals surface area contributed by atoms with Crippen molar-refractivity contribution in [2.45, 2.75) is 32.6 Å². The lowest BCUT2D eigenvalue weighted by Crippen LogP contribution is -2.30. The van der Waals surface area contributed by atoms with Crippen LogP contribution in [0.4, 0.5) is 0 Å². The van der Waals surface area contributed by atoms with E-state index in [-0.39, 0.29) is 0 Å². The first-order chi connectivity index (χ1) is 7.68. The topological polar surface area (TPSA) is 12.0 Å². The maximum Gasteiger partial charge on any atom is 0.0207 e. The first-order valence-electron chi connectivity index (χ1n) is 6.15. The zero-order valence-electron chi connectivity index (χ0n) is 10.1. The molecule has 1 heterocycles. The van der Waals surface area contributed by atoms with Crippen LogP contribution < -0.4 is 5.32 Å². The van der Waals surface area contributed by atoms with E-state index in [0.717, 1.165) is 5.92 Å². The Bertz CT molecular complexity index is 356. The van der Waals surface area contributed by atoms with Gasteiger partial charge in [0.25, 0.3) is 0 Å². The molecule has 1 saturated heterocycles. The van der Waals surface area contributed by atoms with Crippen LogP contribution in [0.1, 0.15) is 36.8 Å². The number of benzene rings is 1. The summed E-state index contributed by atoms with van der Waals surface area (Å²) in [6.07, 6.45) is 2.62. The molecule has 1 nitrogen and oxygen atoms in total. The number of rotatable bonds is 2. The predicted molar refractivity (Wildman–Crippen MR) is 72.9 cm³/mol. The fourth-order valence-electron chi connectivity index (χ4n) is 2.51. The van der Waals surface area contributed by atoms with E-state index in [2.05, 4.69) is 53.3 Å². The molecule has 0 saturated carbocycles. The summed E-state index contributed by atoms with van der Waals surface area (Å²) in [6.45, 7) is 6.88. The van der Waals surface area contributed by atoms with E-state index < -0.39 is 0 Å². The number of hydrogen-bond acceptors (Lipinski definition) is 1.